The second-order valence-electron chi connectivity index (χ2n) is 4.35. The molecular weight excluding hydrogens is 322 g/mol. The molecule has 0 aliphatic heterocycles. The van der Waals surface area contributed by atoms with E-state index in [1.54, 1.807) is 0 Å². The largest absolute Gasteiger partial charge is 0.389 e. The molecule has 1 aromatic carbocycles. The van der Waals surface area contributed by atoms with Crippen molar-refractivity contribution < 1.29 is 0 Å². The standard InChI is InChI=1S/C14H14BrN3S/c1-8-3-4-11(15)12(5-8)18-13-7-10(14(16)19)6-9(2)17-13/h3-7H,1-2H3,(H2,16,19)(H,17,18). The Labute approximate surface area is 126 Å². The molecule has 0 aliphatic rings. The van der Waals surface area contributed by atoms with E-state index in [4.69, 9.17) is 18.0 Å². The van der Waals surface area contributed by atoms with Crippen molar-refractivity contribution >= 4 is 44.6 Å². The number of benzene rings is 1. The highest BCUT2D eigenvalue weighted by atomic mass is 79.9. The van der Waals surface area contributed by atoms with Gasteiger partial charge in [0, 0.05) is 15.7 Å². The maximum absolute atomic E-state index is 5.67. The molecule has 98 valence electrons. The van der Waals surface area contributed by atoms with Crippen LogP contribution in [0, 0.1) is 13.8 Å². The molecule has 0 aliphatic carbocycles. The number of aromatic nitrogens is 1. The van der Waals surface area contributed by atoms with Gasteiger partial charge in [-0.25, -0.2) is 4.98 Å². The molecule has 0 spiro atoms. The second-order valence-corrected chi connectivity index (χ2v) is 5.65. The summed E-state index contributed by atoms with van der Waals surface area (Å²) in [5.41, 5.74) is 9.49. The molecule has 19 heavy (non-hydrogen) atoms. The summed E-state index contributed by atoms with van der Waals surface area (Å²) in [5, 5.41) is 3.28. The Bertz CT molecular complexity index is 641. The summed E-state index contributed by atoms with van der Waals surface area (Å²) in [7, 11) is 0. The van der Waals surface area contributed by atoms with Crippen LogP contribution in [0.15, 0.2) is 34.8 Å². The van der Waals surface area contributed by atoms with Crippen molar-refractivity contribution in [2.24, 2.45) is 5.73 Å². The third kappa shape index (κ3) is 3.52. The minimum absolute atomic E-state index is 0.372. The van der Waals surface area contributed by atoms with Gasteiger partial charge < -0.3 is 11.1 Å². The molecule has 1 aromatic heterocycles. The van der Waals surface area contributed by atoms with Crippen LogP contribution in [0.25, 0.3) is 0 Å². The lowest BCUT2D eigenvalue weighted by Crippen LogP contribution is -2.10. The highest BCUT2D eigenvalue weighted by Gasteiger charge is 2.05. The van der Waals surface area contributed by atoms with E-state index in [9.17, 15) is 0 Å². The molecule has 3 N–H and O–H groups in total. The zero-order chi connectivity index (χ0) is 14.0. The highest BCUT2D eigenvalue weighted by Crippen LogP contribution is 2.26. The number of pyridine rings is 1. The fourth-order valence-corrected chi connectivity index (χ4v) is 2.21. The summed E-state index contributed by atoms with van der Waals surface area (Å²) in [5.74, 6) is 0.731. The number of hydrogen-bond acceptors (Lipinski definition) is 3. The van der Waals surface area contributed by atoms with Gasteiger partial charge in [0.2, 0.25) is 0 Å². The molecular formula is C14H14BrN3S. The number of nitrogens with zero attached hydrogens (tertiary/aromatic N) is 1. The van der Waals surface area contributed by atoms with Crippen molar-refractivity contribution in [2.75, 3.05) is 5.32 Å². The molecule has 0 amide bonds. The molecule has 1 heterocycles. The lowest BCUT2D eigenvalue weighted by atomic mass is 10.2. The number of anilines is 2. The molecule has 5 heteroatoms. The van der Waals surface area contributed by atoms with E-state index in [1.807, 2.05) is 38.1 Å². The van der Waals surface area contributed by atoms with Crippen LogP contribution in [-0.2, 0) is 0 Å². The number of nitrogens with one attached hydrogen (secondary N) is 1. The van der Waals surface area contributed by atoms with Gasteiger partial charge in [0.15, 0.2) is 0 Å². The van der Waals surface area contributed by atoms with Gasteiger partial charge in [-0.15, -0.1) is 0 Å². The fourth-order valence-electron chi connectivity index (χ4n) is 1.75. The van der Waals surface area contributed by atoms with E-state index in [0.717, 1.165) is 27.2 Å². The molecule has 0 saturated carbocycles. The molecule has 0 atom stereocenters. The van der Waals surface area contributed by atoms with Crippen LogP contribution in [0.2, 0.25) is 0 Å². The van der Waals surface area contributed by atoms with Gasteiger partial charge in [-0.05, 0) is 59.6 Å². The Balaban J connectivity index is 2.38. The summed E-state index contributed by atoms with van der Waals surface area (Å²) in [6.07, 6.45) is 0. The molecule has 0 unspecified atom stereocenters. The molecule has 2 aromatic rings. The second kappa shape index (κ2) is 5.67. The van der Waals surface area contributed by atoms with Crippen molar-refractivity contribution in [2.45, 2.75) is 13.8 Å². The van der Waals surface area contributed by atoms with Gasteiger partial charge in [0.1, 0.15) is 10.8 Å². The Kier molecular flexibility index (Phi) is 4.17. The van der Waals surface area contributed by atoms with Gasteiger partial charge in [-0.2, -0.15) is 0 Å². The van der Waals surface area contributed by atoms with Crippen LogP contribution in [0.5, 0.6) is 0 Å². The van der Waals surface area contributed by atoms with Crippen LogP contribution in [0.1, 0.15) is 16.8 Å². The number of rotatable bonds is 3. The van der Waals surface area contributed by atoms with E-state index in [2.05, 4.69) is 32.3 Å². The monoisotopic (exact) mass is 335 g/mol. The van der Waals surface area contributed by atoms with Gasteiger partial charge in [0.25, 0.3) is 0 Å². The van der Waals surface area contributed by atoms with E-state index in [-0.39, 0.29) is 0 Å². The number of nitrogens with two attached hydrogens (primary N) is 1. The SMILES string of the molecule is Cc1ccc(Br)c(Nc2cc(C(N)=S)cc(C)n2)c1. The Morgan fingerprint density at radius 1 is 1.26 bits per heavy atom. The van der Waals surface area contributed by atoms with Gasteiger partial charge in [0.05, 0.1) is 5.69 Å². The molecule has 0 radical (unpaired) electrons. The lowest BCUT2D eigenvalue weighted by molar-refractivity contribution is 1.19. The molecule has 0 bridgehead atoms. The zero-order valence-electron chi connectivity index (χ0n) is 10.7. The van der Waals surface area contributed by atoms with Gasteiger partial charge >= 0.3 is 0 Å². The quantitative estimate of drug-likeness (QED) is 0.836. The average molecular weight is 336 g/mol. The average Bonchev–Trinajstić information content (AvgIpc) is 2.33. The minimum Gasteiger partial charge on any atom is -0.389 e. The lowest BCUT2D eigenvalue weighted by Gasteiger charge is -2.11. The number of hydrogen-bond donors (Lipinski definition) is 2. The molecule has 0 saturated heterocycles. The molecule has 2 rings (SSSR count). The number of thiocarbonyl (C=S) groups is 1. The zero-order valence-corrected chi connectivity index (χ0v) is 13.1. The van der Waals surface area contributed by atoms with Crippen LogP contribution < -0.4 is 11.1 Å². The Morgan fingerprint density at radius 2 is 2.00 bits per heavy atom. The smallest absolute Gasteiger partial charge is 0.131 e. The van der Waals surface area contributed by atoms with Gasteiger partial charge in [-0.3, -0.25) is 0 Å². The van der Waals surface area contributed by atoms with Crippen molar-refractivity contribution in [3.63, 3.8) is 0 Å². The van der Waals surface area contributed by atoms with Crippen molar-refractivity contribution in [3.8, 4) is 0 Å². The maximum Gasteiger partial charge on any atom is 0.131 e. The van der Waals surface area contributed by atoms with Crippen LogP contribution in [0.4, 0.5) is 11.5 Å². The first-order valence-electron chi connectivity index (χ1n) is 5.77. The number of aryl methyl sites for hydroxylation is 2. The summed E-state index contributed by atoms with van der Waals surface area (Å²) >= 11 is 8.52. The summed E-state index contributed by atoms with van der Waals surface area (Å²) in [6.45, 7) is 3.96. The van der Waals surface area contributed by atoms with E-state index in [0.29, 0.717) is 4.99 Å². The van der Waals surface area contributed by atoms with Crippen molar-refractivity contribution in [1.82, 2.24) is 4.98 Å². The van der Waals surface area contributed by atoms with Crippen molar-refractivity contribution in [1.29, 1.82) is 0 Å². The number of halogens is 1. The maximum atomic E-state index is 5.67. The summed E-state index contributed by atoms with van der Waals surface area (Å²) in [6, 6.07) is 9.82. The van der Waals surface area contributed by atoms with E-state index < -0.39 is 0 Å². The van der Waals surface area contributed by atoms with Crippen LogP contribution in [-0.4, -0.2) is 9.97 Å². The van der Waals surface area contributed by atoms with E-state index >= 15 is 0 Å². The minimum atomic E-state index is 0.372. The van der Waals surface area contributed by atoms with Crippen LogP contribution >= 0.6 is 28.1 Å². The Morgan fingerprint density at radius 3 is 2.68 bits per heavy atom. The predicted molar refractivity (Wildman–Crippen MR) is 87.0 cm³/mol. The highest BCUT2D eigenvalue weighted by molar-refractivity contribution is 9.10. The van der Waals surface area contributed by atoms with Crippen molar-refractivity contribution in [3.05, 3.63) is 51.6 Å². The van der Waals surface area contributed by atoms with E-state index in [1.165, 1.54) is 5.56 Å². The first kappa shape index (κ1) is 14.0. The normalized spacial score (nSPS) is 10.3. The fraction of sp³-hybridized carbons (Fsp3) is 0.143. The first-order valence-corrected chi connectivity index (χ1v) is 6.97. The molecule has 0 fully saturated rings. The third-order valence-corrected chi connectivity index (χ3v) is 3.55. The topological polar surface area (TPSA) is 50.9 Å². The summed E-state index contributed by atoms with van der Waals surface area (Å²) < 4.78 is 0.985. The molecule has 3 nitrogen and oxygen atoms in total. The predicted octanol–water partition coefficient (Wildman–Crippen LogP) is 3.84. The summed E-state index contributed by atoms with van der Waals surface area (Å²) in [4.78, 5) is 4.81. The Hall–Kier alpha value is -1.46. The van der Waals surface area contributed by atoms with Gasteiger partial charge in [-0.1, -0.05) is 18.3 Å². The third-order valence-electron chi connectivity index (χ3n) is 2.62. The first-order chi connectivity index (χ1) is 8.95. The van der Waals surface area contributed by atoms with Crippen LogP contribution in [0.3, 0.4) is 0 Å².